The van der Waals surface area contributed by atoms with Crippen molar-refractivity contribution in [3.8, 4) is 0 Å². The molecule has 0 aliphatic carbocycles. The number of hydrogen-bond acceptors (Lipinski definition) is 3. The number of carbonyl (C=O) groups is 2. The van der Waals surface area contributed by atoms with Crippen molar-refractivity contribution >= 4 is 29.1 Å². The van der Waals surface area contributed by atoms with Gasteiger partial charge >= 0.3 is 0 Å². The van der Waals surface area contributed by atoms with E-state index in [4.69, 9.17) is 11.6 Å². The standard InChI is InChI=1S/C17H18ClN3O2/c1-10(2)20-16(22)14-6-5-13(8-11(14)3)21-17(23)15-7-4-12(18)9-19-15/h4-10H,1-3H3,(H,20,22)(H,21,23). The summed E-state index contributed by atoms with van der Waals surface area (Å²) in [4.78, 5) is 28.1. The maximum Gasteiger partial charge on any atom is 0.274 e. The zero-order valence-corrected chi connectivity index (χ0v) is 13.9. The summed E-state index contributed by atoms with van der Waals surface area (Å²) < 4.78 is 0. The molecule has 0 atom stereocenters. The van der Waals surface area contributed by atoms with Crippen LogP contribution in [-0.4, -0.2) is 22.8 Å². The van der Waals surface area contributed by atoms with Crippen LogP contribution >= 0.6 is 11.6 Å². The number of aryl methyl sites for hydroxylation is 1. The highest BCUT2D eigenvalue weighted by Gasteiger charge is 2.12. The minimum absolute atomic E-state index is 0.0669. The van der Waals surface area contributed by atoms with Crippen molar-refractivity contribution in [1.29, 1.82) is 0 Å². The Hall–Kier alpha value is -2.40. The first-order valence-electron chi connectivity index (χ1n) is 7.21. The van der Waals surface area contributed by atoms with Crippen molar-refractivity contribution in [1.82, 2.24) is 10.3 Å². The molecule has 0 saturated carbocycles. The van der Waals surface area contributed by atoms with Gasteiger partial charge in [-0.3, -0.25) is 9.59 Å². The van der Waals surface area contributed by atoms with Gasteiger partial charge in [0.25, 0.3) is 11.8 Å². The Kier molecular flexibility index (Phi) is 5.34. The van der Waals surface area contributed by atoms with E-state index in [9.17, 15) is 9.59 Å². The van der Waals surface area contributed by atoms with E-state index in [1.807, 2.05) is 20.8 Å². The lowest BCUT2D eigenvalue weighted by Gasteiger charge is -2.12. The minimum Gasteiger partial charge on any atom is -0.350 e. The molecule has 0 saturated heterocycles. The molecule has 0 radical (unpaired) electrons. The fraction of sp³-hybridized carbons (Fsp3) is 0.235. The number of anilines is 1. The van der Waals surface area contributed by atoms with Crippen molar-refractivity contribution < 1.29 is 9.59 Å². The van der Waals surface area contributed by atoms with Gasteiger partial charge in [0.1, 0.15) is 5.69 Å². The van der Waals surface area contributed by atoms with E-state index >= 15 is 0 Å². The molecule has 0 aliphatic rings. The van der Waals surface area contributed by atoms with E-state index in [0.717, 1.165) is 5.56 Å². The molecule has 6 heteroatoms. The molecule has 1 aromatic heterocycles. The topological polar surface area (TPSA) is 71.1 Å². The molecule has 5 nitrogen and oxygen atoms in total. The number of nitrogens with zero attached hydrogens (tertiary/aromatic N) is 1. The molecule has 2 rings (SSSR count). The van der Waals surface area contributed by atoms with E-state index in [0.29, 0.717) is 16.3 Å². The van der Waals surface area contributed by atoms with Crippen LogP contribution in [-0.2, 0) is 0 Å². The van der Waals surface area contributed by atoms with Gasteiger partial charge in [-0.2, -0.15) is 0 Å². The molecular weight excluding hydrogens is 314 g/mol. The summed E-state index contributed by atoms with van der Waals surface area (Å²) in [6, 6.07) is 8.36. The molecule has 0 aliphatic heterocycles. The second kappa shape index (κ2) is 7.24. The quantitative estimate of drug-likeness (QED) is 0.901. The number of aromatic nitrogens is 1. The molecule has 1 aromatic carbocycles. The second-order valence-electron chi connectivity index (χ2n) is 5.47. The Morgan fingerprint density at radius 2 is 1.87 bits per heavy atom. The number of benzene rings is 1. The predicted octanol–water partition coefficient (Wildman–Crippen LogP) is 3.43. The lowest BCUT2D eigenvalue weighted by atomic mass is 10.1. The summed E-state index contributed by atoms with van der Waals surface area (Å²) in [6.45, 7) is 5.63. The highest BCUT2D eigenvalue weighted by molar-refractivity contribution is 6.30. The molecule has 2 amide bonds. The zero-order valence-electron chi connectivity index (χ0n) is 13.2. The van der Waals surface area contributed by atoms with Crippen LogP contribution in [0.15, 0.2) is 36.5 Å². The van der Waals surface area contributed by atoms with E-state index in [1.165, 1.54) is 6.20 Å². The third-order valence-electron chi connectivity index (χ3n) is 3.11. The first kappa shape index (κ1) is 17.0. The maximum absolute atomic E-state index is 12.1. The number of nitrogens with one attached hydrogen (secondary N) is 2. The summed E-state index contributed by atoms with van der Waals surface area (Å²) >= 11 is 5.75. The van der Waals surface area contributed by atoms with Crippen LogP contribution in [0.1, 0.15) is 40.3 Å². The number of amides is 2. The summed E-state index contributed by atoms with van der Waals surface area (Å²) in [5.41, 5.74) is 2.24. The highest BCUT2D eigenvalue weighted by Crippen LogP contribution is 2.16. The zero-order chi connectivity index (χ0) is 17.0. The van der Waals surface area contributed by atoms with Gasteiger partial charge in [0, 0.05) is 23.5 Å². The van der Waals surface area contributed by atoms with Gasteiger partial charge in [0.2, 0.25) is 0 Å². The molecule has 2 N–H and O–H groups in total. The summed E-state index contributed by atoms with van der Waals surface area (Å²) in [6.07, 6.45) is 1.42. The molecule has 0 fully saturated rings. The van der Waals surface area contributed by atoms with Gasteiger partial charge in [-0.1, -0.05) is 11.6 Å². The van der Waals surface area contributed by atoms with Crippen molar-refractivity contribution in [3.63, 3.8) is 0 Å². The van der Waals surface area contributed by atoms with Crippen molar-refractivity contribution in [2.24, 2.45) is 0 Å². The summed E-state index contributed by atoms with van der Waals surface area (Å²) in [7, 11) is 0. The minimum atomic E-state index is -0.333. The Labute approximate surface area is 140 Å². The Morgan fingerprint density at radius 1 is 1.13 bits per heavy atom. The van der Waals surface area contributed by atoms with Crippen LogP contribution in [0.25, 0.3) is 0 Å². The van der Waals surface area contributed by atoms with Crippen LogP contribution in [0, 0.1) is 6.92 Å². The first-order chi connectivity index (χ1) is 10.9. The molecule has 0 spiro atoms. The van der Waals surface area contributed by atoms with Crippen molar-refractivity contribution in [2.45, 2.75) is 26.8 Å². The normalized spacial score (nSPS) is 10.5. The van der Waals surface area contributed by atoms with Crippen molar-refractivity contribution in [3.05, 3.63) is 58.4 Å². The number of carbonyl (C=O) groups excluding carboxylic acids is 2. The van der Waals surface area contributed by atoms with Crippen LogP contribution in [0.4, 0.5) is 5.69 Å². The number of halogens is 1. The first-order valence-corrected chi connectivity index (χ1v) is 7.59. The Bertz CT molecular complexity index is 727. The molecule has 0 bridgehead atoms. The maximum atomic E-state index is 12.1. The number of pyridine rings is 1. The third-order valence-corrected chi connectivity index (χ3v) is 3.33. The van der Waals surface area contributed by atoms with E-state index in [1.54, 1.807) is 30.3 Å². The lowest BCUT2D eigenvalue weighted by molar-refractivity contribution is 0.0942. The summed E-state index contributed by atoms with van der Waals surface area (Å²) in [5.74, 6) is -0.463. The van der Waals surface area contributed by atoms with Gasteiger partial charge in [0.05, 0.1) is 5.02 Å². The van der Waals surface area contributed by atoms with Gasteiger partial charge in [-0.25, -0.2) is 4.98 Å². The van der Waals surface area contributed by atoms with Crippen molar-refractivity contribution in [2.75, 3.05) is 5.32 Å². The van der Waals surface area contributed by atoms with Crippen LogP contribution < -0.4 is 10.6 Å². The van der Waals surface area contributed by atoms with E-state index in [2.05, 4.69) is 15.6 Å². The molecule has 120 valence electrons. The molecule has 23 heavy (non-hydrogen) atoms. The van der Waals surface area contributed by atoms with Gasteiger partial charge in [-0.05, 0) is 56.7 Å². The van der Waals surface area contributed by atoms with Gasteiger partial charge < -0.3 is 10.6 Å². The third kappa shape index (κ3) is 4.53. The average molecular weight is 332 g/mol. The summed E-state index contributed by atoms with van der Waals surface area (Å²) in [5, 5.41) is 6.06. The monoisotopic (exact) mass is 331 g/mol. The van der Waals surface area contributed by atoms with Gasteiger partial charge in [0.15, 0.2) is 0 Å². The Balaban J connectivity index is 2.12. The van der Waals surface area contributed by atoms with Crippen LogP contribution in [0.5, 0.6) is 0 Å². The average Bonchev–Trinajstić information content (AvgIpc) is 2.47. The van der Waals surface area contributed by atoms with E-state index < -0.39 is 0 Å². The van der Waals surface area contributed by atoms with Gasteiger partial charge in [-0.15, -0.1) is 0 Å². The van der Waals surface area contributed by atoms with Crippen LogP contribution in [0.2, 0.25) is 5.02 Å². The SMILES string of the molecule is Cc1cc(NC(=O)c2ccc(Cl)cn2)ccc1C(=O)NC(C)C. The smallest absolute Gasteiger partial charge is 0.274 e. The largest absolute Gasteiger partial charge is 0.350 e. The molecule has 1 heterocycles. The number of rotatable bonds is 4. The number of hydrogen-bond donors (Lipinski definition) is 2. The lowest BCUT2D eigenvalue weighted by Crippen LogP contribution is -2.30. The Morgan fingerprint density at radius 3 is 2.43 bits per heavy atom. The molecular formula is C17H18ClN3O2. The fourth-order valence-corrected chi connectivity index (χ4v) is 2.15. The highest BCUT2D eigenvalue weighted by atomic mass is 35.5. The fourth-order valence-electron chi connectivity index (χ4n) is 2.04. The second-order valence-corrected chi connectivity index (χ2v) is 5.91. The van der Waals surface area contributed by atoms with E-state index in [-0.39, 0.29) is 23.6 Å². The predicted molar refractivity (Wildman–Crippen MR) is 91.0 cm³/mol. The molecule has 0 unspecified atom stereocenters. The van der Waals surface area contributed by atoms with Crippen LogP contribution in [0.3, 0.4) is 0 Å². The molecule has 2 aromatic rings.